The number of fused-ring (bicyclic) bond motifs is 1. The molecule has 8 nitrogen and oxygen atoms in total. The topological polar surface area (TPSA) is 80.9 Å². The molecule has 0 unspecified atom stereocenters. The van der Waals surface area contributed by atoms with Crippen molar-refractivity contribution in [3.63, 3.8) is 0 Å². The Bertz CT molecular complexity index is 976. The quantitative estimate of drug-likeness (QED) is 0.517. The molecule has 30 heavy (non-hydrogen) atoms. The minimum absolute atomic E-state index is 0. The number of amides is 1. The third-order valence-electron chi connectivity index (χ3n) is 4.75. The summed E-state index contributed by atoms with van der Waals surface area (Å²) in [5.74, 6) is 0.514. The number of thiazole rings is 1. The zero-order valence-corrected chi connectivity index (χ0v) is 18.8. The van der Waals surface area contributed by atoms with Crippen LogP contribution >= 0.6 is 35.3 Å². The smallest absolute Gasteiger partial charge is 0.298 e. The highest BCUT2D eigenvalue weighted by Gasteiger charge is 2.25. The molecule has 1 amide bonds. The van der Waals surface area contributed by atoms with Crippen molar-refractivity contribution in [3.8, 4) is 5.75 Å². The van der Waals surface area contributed by atoms with Crippen LogP contribution in [0.25, 0.3) is 10.2 Å². The maximum atomic E-state index is 13.1. The molecule has 0 spiro atoms. The van der Waals surface area contributed by atoms with Gasteiger partial charge in [0.2, 0.25) is 5.76 Å². The number of carbonyl (C=O) groups is 1. The van der Waals surface area contributed by atoms with Crippen molar-refractivity contribution in [3.05, 3.63) is 35.2 Å². The van der Waals surface area contributed by atoms with Gasteiger partial charge in [0.05, 0.1) is 36.2 Å². The molecule has 162 valence electrons. The van der Waals surface area contributed by atoms with E-state index in [9.17, 15) is 4.79 Å². The summed E-state index contributed by atoms with van der Waals surface area (Å²) in [5, 5.41) is 4.78. The monoisotopic (exact) mass is 472 g/mol. The molecule has 3 heterocycles. The SMILES string of the molecule is COc1ccc(Cl)c2sc(N(CCCN3CCOCC3)C(=O)c3ccno3)nc12.Cl. The molecule has 2 aromatic heterocycles. The van der Waals surface area contributed by atoms with E-state index in [-0.39, 0.29) is 24.1 Å². The number of anilines is 1. The lowest BCUT2D eigenvalue weighted by Gasteiger charge is -2.27. The molecule has 1 aliphatic rings. The lowest BCUT2D eigenvalue weighted by molar-refractivity contribution is 0.0376. The summed E-state index contributed by atoms with van der Waals surface area (Å²) in [6.07, 6.45) is 2.25. The first-order valence-electron chi connectivity index (χ1n) is 9.33. The van der Waals surface area contributed by atoms with Crippen molar-refractivity contribution in [2.75, 3.05) is 51.4 Å². The molecule has 1 saturated heterocycles. The molecule has 1 aliphatic heterocycles. The third-order valence-corrected chi connectivity index (χ3v) is 6.29. The number of aromatic nitrogens is 2. The Hall–Kier alpha value is -1.91. The highest BCUT2D eigenvalue weighted by Crippen LogP contribution is 2.39. The zero-order valence-electron chi connectivity index (χ0n) is 16.4. The summed E-state index contributed by atoms with van der Waals surface area (Å²) in [6, 6.07) is 5.10. The van der Waals surface area contributed by atoms with Gasteiger partial charge in [-0.1, -0.05) is 28.1 Å². The fourth-order valence-corrected chi connectivity index (χ4v) is 4.52. The van der Waals surface area contributed by atoms with Gasteiger partial charge in [-0.2, -0.15) is 0 Å². The van der Waals surface area contributed by atoms with Gasteiger partial charge < -0.3 is 14.0 Å². The summed E-state index contributed by atoms with van der Waals surface area (Å²) in [7, 11) is 1.58. The maximum absolute atomic E-state index is 13.1. The zero-order chi connectivity index (χ0) is 20.2. The van der Waals surface area contributed by atoms with Crippen LogP contribution in [0.1, 0.15) is 17.0 Å². The van der Waals surface area contributed by atoms with Crippen LogP contribution in [0.4, 0.5) is 5.13 Å². The summed E-state index contributed by atoms with van der Waals surface area (Å²) in [5.41, 5.74) is 0.642. The van der Waals surface area contributed by atoms with Crippen molar-refractivity contribution in [2.45, 2.75) is 6.42 Å². The lowest BCUT2D eigenvalue weighted by Crippen LogP contribution is -2.39. The van der Waals surface area contributed by atoms with Gasteiger partial charge >= 0.3 is 0 Å². The minimum atomic E-state index is -0.279. The van der Waals surface area contributed by atoms with E-state index in [1.165, 1.54) is 17.5 Å². The predicted molar refractivity (Wildman–Crippen MR) is 118 cm³/mol. The van der Waals surface area contributed by atoms with Crippen molar-refractivity contribution < 1.29 is 18.8 Å². The normalized spacial score (nSPS) is 14.5. The van der Waals surface area contributed by atoms with Gasteiger partial charge in [0.1, 0.15) is 11.3 Å². The van der Waals surface area contributed by atoms with Crippen molar-refractivity contribution in [1.82, 2.24) is 15.0 Å². The van der Waals surface area contributed by atoms with Gasteiger partial charge in [0.25, 0.3) is 5.91 Å². The number of hydrogen-bond acceptors (Lipinski definition) is 8. The Morgan fingerprint density at radius 1 is 1.33 bits per heavy atom. The highest BCUT2D eigenvalue weighted by molar-refractivity contribution is 7.23. The summed E-state index contributed by atoms with van der Waals surface area (Å²) in [6.45, 7) is 4.68. The molecular formula is C19H22Cl2N4O4S. The minimum Gasteiger partial charge on any atom is -0.494 e. The van der Waals surface area contributed by atoms with Gasteiger partial charge in [-0.05, 0) is 18.6 Å². The predicted octanol–water partition coefficient (Wildman–Crippen LogP) is 3.74. The van der Waals surface area contributed by atoms with Gasteiger partial charge in [0, 0.05) is 32.2 Å². The molecule has 0 bridgehead atoms. The van der Waals surface area contributed by atoms with E-state index in [1.807, 2.05) is 0 Å². The van der Waals surface area contributed by atoms with Gasteiger partial charge in [-0.3, -0.25) is 14.6 Å². The summed E-state index contributed by atoms with van der Waals surface area (Å²) < 4.78 is 16.7. The molecule has 0 atom stereocenters. The fourth-order valence-electron chi connectivity index (χ4n) is 3.24. The lowest BCUT2D eigenvalue weighted by atomic mass is 10.3. The Balaban J connectivity index is 0.00000256. The van der Waals surface area contributed by atoms with Crippen LogP contribution in [-0.2, 0) is 4.74 Å². The van der Waals surface area contributed by atoms with E-state index >= 15 is 0 Å². The molecule has 0 saturated carbocycles. The molecule has 1 fully saturated rings. The van der Waals surface area contributed by atoms with E-state index < -0.39 is 0 Å². The van der Waals surface area contributed by atoms with Crippen LogP contribution in [0.5, 0.6) is 5.75 Å². The van der Waals surface area contributed by atoms with Crippen LogP contribution in [0.15, 0.2) is 28.9 Å². The second-order valence-corrected chi connectivity index (χ2v) is 7.95. The molecule has 0 aliphatic carbocycles. The van der Waals surface area contributed by atoms with Crippen LogP contribution < -0.4 is 9.64 Å². The highest BCUT2D eigenvalue weighted by atomic mass is 35.5. The van der Waals surface area contributed by atoms with Crippen LogP contribution in [-0.4, -0.2) is 67.5 Å². The first-order chi connectivity index (χ1) is 14.2. The Morgan fingerprint density at radius 2 is 2.13 bits per heavy atom. The number of halogens is 2. The summed E-state index contributed by atoms with van der Waals surface area (Å²) in [4.78, 5) is 21.7. The van der Waals surface area contributed by atoms with E-state index in [2.05, 4.69) is 15.0 Å². The summed E-state index contributed by atoms with van der Waals surface area (Å²) >= 11 is 7.71. The first-order valence-corrected chi connectivity index (χ1v) is 10.5. The Kier molecular flexibility index (Phi) is 7.90. The van der Waals surface area contributed by atoms with E-state index in [0.29, 0.717) is 28.0 Å². The van der Waals surface area contributed by atoms with Crippen molar-refractivity contribution in [2.24, 2.45) is 0 Å². The molecule has 0 radical (unpaired) electrons. The Morgan fingerprint density at radius 3 is 2.83 bits per heavy atom. The van der Waals surface area contributed by atoms with Crippen LogP contribution in [0, 0.1) is 0 Å². The van der Waals surface area contributed by atoms with Gasteiger partial charge in [0.15, 0.2) is 5.13 Å². The Labute approximate surface area is 189 Å². The van der Waals surface area contributed by atoms with Crippen LogP contribution in [0.2, 0.25) is 5.02 Å². The number of ether oxygens (including phenoxy) is 2. The second-order valence-electron chi connectivity index (χ2n) is 6.56. The molecular weight excluding hydrogens is 451 g/mol. The fraction of sp³-hybridized carbons (Fsp3) is 0.421. The number of carbonyl (C=O) groups excluding carboxylic acids is 1. The molecule has 4 rings (SSSR count). The van der Waals surface area contributed by atoms with Gasteiger partial charge in [-0.25, -0.2) is 4.98 Å². The number of rotatable bonds is 7. The van der Waals surface area contributed by atoms with E-state index in [0.717, 1.165) is 44.0 Å². The van der Waals surface area contributed by atoms with Crippen molar-refractivity contribution in [1.29, 1.82) is 0 Å². The number of hydrogen-bond donors (Lipinski definition) is 0. The largest absolute Gasteiger partial charge is 0.494 e. The molecule has 3 aromatic rings. The first kappa shape index (κ1) is 22.8. The van der Waals surface area contributed by atoms with Gasteiger partial charge in [-0.15, -0.1) is 12.4 Å². The average molecular weight is 473 g/mol. The number of benzene rings is 1. The number of morpholine rings is 1. The standard InChI is InChI=1S/C19H21ClN4O4S.ClH/c1-26-14-4-3-13(20)17-16(14)22-19(29-17)24(18(25)15-5-6-21-28-15)8-2-7-23-9-11-27-12-10-23;/h3-6H,2,7-12H2,1H3;1H. The van der Waals surface area contributed by atoms with E-state index in [4.69, 9.17) is 25.6 Å². The van der Waals surface area contributed by atoms with E-state index in [1.54, 1.807) is 30.2 Å². The second kappa shape index (κ2) is 10.4. The number of nitrogens with zero attached hydrogens (tertiary/aromatic N) is 4. The molecule has 1 aromatic carbocycles. The maximum Gasteiger partial charge on any atom is 0.298 e. The molecule has 11 heteroatoms. The van der Waals surface area contributed by atoms with Crippen LogP contribution in [0.3, 0.4) is 0 Å². The van der Waals surface area contributed by atoms with Crippen molar-refractivity contribution >= 4 is 56.6 Å². The average Bonchev–Trinajstić information content (AvgIpc) is 3.43. The number of methoxy groups -OCH3 is 1. The third kappa shape index (κ3) is 4.87. The molecule has 0 N–H and O–H groups in total.